The highest BCUT2D eigenvalue weighted by Crippen LogP contribution is 2.30. The predicted octanol–water partition coefficient (Wildman–Crippen LogP) is 5.37. The molecule has 3 aromatic carbocycles. The highest BCUT2D eigenvalue weighted by molar-refractivity contribution is 6.32. The Labute approximate surface area is 204 Å². The number of rotatable bonds is 6. The number of carbonyl (C=O) groups is 1. The lowest BCUT2D eigenvalue weighted by Crippen LogP contribution is -2.50. The number of carbonyl (C=O) groups excluding carboxylic acids is 1. The SMILES string of the molecule is Cc1cccc(N2CCN(C(C(=O)Nc3ccc(Cl)c([N+](=O)[O-])c3)c3ccccc3)CC2)c1C. The van der Waals surface area contributed by atoms with Crippen LogP contribution in [-0.4, -0.2) is 41.9 Å². The van der Waals surface area contributed by atoms with Gasteiger partial charge in [-0.1, -0.05) is 54.1 Å². The highest BCUT2D eigenvalue weighted by atomic mass is 35.5. The Bertz CT molecular complexity index is 1190. The second-order valence-corrected chi connectivity index (χ2v) is 8.88. The number of benzene rings is 3. The molecule has 1 aliphatic rings. The van der Waals surface area contributed by atoms with E-state index in [4.69, 9.17) is 11.6 Å². The molecule has 1 amide bonds. The molecule has 34 heavy (non-hydrogen) atoms. The van der Waals surface area contributed by atoms with Crippen molar-refractivity contribution in [1.29, 1.82) is 0 Å². The number of hydrogen-bond acceptors (Lipinski definition) is 5. The van der Waals surface area contributed by atoms with Gasteiger partial charge < -0.3 is 10.2 Å². The van der Waals surface area contributed by atoms with Gasteiger partial charge in [-0.05, 0) is 48.7 Å². The van der Waals surface area contributed by atoms with Crippen LogP contribution in [0.1, 0.15) is 22.7 Å². The molecule has 3 aromatic rings. The third-order valence-corrected chi connectivity index (χ3v) is 6.69. The summed E-state index contributed by atoms with van der Waals surface area (Å²) in [6.45, 7) is 7.28. The van der Waals surface area contributed by atoms with Crippen molar-refractivity contribution in [2.24, 2.45) is 0 Å². The number of nitro groups is 1. The van der Waals surface area contributed by atoms with E-state index in [0.717, 1.165) is 18.7 Å². The minimum Gasteiger partial charge on any atom is -0.369 e. The molecule has 4 rings (SSSR count). The van der Waals surface area contributed by atoms with Gasteiger partial charge in [0.15, 0.2) is 0 Å². The fourth-order valence-electron chi connectivity index (χ4n) is 4.40. The zero-order chi connectivity index (χ0) is 24.2. The Kier molecular flexibility index (Phi) is 7.14. The molecule has 1 heterocycles. The number of nitrogens with one attached hydrogen (secondary N) is 1. The summed E-state index contributed by atoms with van der Waals surface area (Å²) in [6, 6.07) is 19.7. The molecule has 1 saturated heterocycles. The van der Waals surface area contributed by atoms with Crippen molar-refractivity contribution >= 4 is 34.6 Å². The number of piperazine rings is 1. The smallest absolute Gasteiger partial charge is 0.289 e. The quantitative estimate of drug-likeness (QED) is 0.380. The first-order chi connectivity index (χ1) is 16.3. The topological polar surface area (TPSA) is 78.7 Å². The van der Waals surface area contributed by atoms with Gasteiger partial charge in [-0.15, -0.1) is 0 Å². The first kappa shape index (κ1) is 23.7. The lowest BCUT2D eigenvalue weighted by molar-refractivity contribution is -0.384. The summed E-state index contributed by atoms with van der Waals surface area (Å²) >= 11 is 5.93. The van der Waals surface area contributed by atoms with Crippen LogP contribution in [0.5, 0.6) is 0 Å². The summed E-state index contributed by atoms with van der Waals surface area (Å²) in [5.74, 6) is -0.233. The van der Waals surface area contributed by atoms with Crippen molar-refractivity contribution in [2.45, 2.75) is 19.9 Å². The lowest BCUT2D eigenvalue weighted by Gasteiger charge is -2.40. The minimum atomic E-state index is -0.556. The maximum atomic E-state index is 13.5. The molecule has 1 aliphatic heterocycles. The molecule has 0 aromatic heterocycles. The molecular formula is C26H27ClN4O3. The summed E-state index contributed by atoms with van der Waals surface area (Å²) < 4.78 is 0. The van der Waals surface area contributed by atoms with E-state index in [0.29, 0.717) is 18.8 Å². The van der Waals surface area contributed by atoms with Crippen LogP contribution in [-0.2, 0) is 4.79 Å². The number of nitrogens with zero attached hydrogens (tertiary/aromatic N) is 3. The van der Waals surface area contributed by atoms with Crippen molar-refractivity contribution in [1.82, 2.24) is 4.90 Å². The molecule has 0 spiro atoms. The zero-order valence-electron chi connectivity index (χ0n) is 19.2. The van der Waals surface area contributed by atoms with E-state index in [9.17, 15) is 14.9 Å². The Hall–Kier alpha value is -3.42. The molecule has 1 fully saturated rings. The Morgan fingerprint density at radius 1 is 1.00 bits per heavy atom. The van der Waals surface area contributed by atoms with Crippen LogP contribution in [0.25, 0.3) is 0 Å². The number of hydrogen-bond donors (Lipinski definition) is 1. The first-order valence-corrected chi connectivity index (χ1v) is 11.6. The van der Waals surface area contributed by atoms with Crippen LogP contribution >= 0.6 is 11.6 Å². The van der Waals surface area contributed by atoms with E-state index in [1.165, 1.54) is 28.9 Å². The number of anilines is 2. The van der Waals surface area contributed by atoms with Gasteiger partial charge in [0.2, 0.25) is 5.91 Å². The van der Waals surface area contributed by atoms with Crippen LogP contribution < -0.4 is 10.2 Å². The van der Waals surface area contributed by atoms with Crippen molar-refractivity contribution in [3.05, 3.63) is 98.6 Å². The number of nitro benzene ring substituents is 1. The van der Waals surface area contributed by atoms with Crippen LogP contribution in [0.4, 0.5) is 17.1 Å². The van der Waals surface area contributed by atoms with Crippen molar-refractivity contribution in [3.63, 3.8) is 0 Å². The summed E-state index contributed by atoms with van der Waals surface area (Å²) in [6.07, 6.45) is 0. The normalized spacial score (nSPS) is 15.1. The van der Waals surface area contributed by atoms with Gasteiger partial charge in [0.05, 0.1) is 4.92 Å². The Balaban J connectivity index is 1.55. The van der Waals surface area contributed by atoms with Crippen molar-refractivity contribution < 1.29 is 9.72 Å². The molecular weight excluding hydrogens is 452 g/mol. The zero-order valence-corrected chi connectivity index (χ0v) is 20.0. The Morgan fingerprint density at radius 3 is 2.38 bits per heavy atom. The monoisotopic (exact) mass is 478 g/mol. The number of halogens is 1. The standard InChI is InChI=1S/C26H27ClN4O3/c1-18-7-6-10-23(19(18)2)29-13-15-30(16-14-29)25(20-8-4-3-5-9-20)26(32)28-21-11-12-22(27)24(17-21)31(33)34/h3-12,17,25H,13-16H2,1-2H3,(H,28,32). The maximum absolute atomic E-state index is 13.5. The minimum absolute atomic E-state index is 0.0326. The van der Waals surface area contributed by atoms with Crippen molar-refractivity contribution in [3.8, 4) is 0 Å². The fraction of sp³-hybridized carbons (Fsp3) is 0.269. The van der Waals surface area contributed by atoms with Crippen molar-refractivity contribution in [2.75, 3.05) is 36.4 Å². The van der Waals surface area contributed by atoms with Crippen LogP contribution in [0.15, 0.2) is 66.7 Å². The lowest BCUT2D eigenvalue weighted by atomic mass is 10.0. The average molecular weight is 479 g/mol. The average Bonchev–Trinajstić information content (AvgIpc) is 2.83. The molecule has 0 aliphatic carbocycles. The molecule has 0 radical (unpaired) electrons. The second kappa shape index (κ2) is 10.2. The van der Waals surface area contributed by atoms with Gasteiger partial charge in [0.25, 0.3) is 5.69 Å². The van der Waals surface area contributed by atoms with E-state index >= 15 is 0 Å². The Morgan fingerprint density at radius 2 is 1.71 bits per heavy atom. The van der Waals surface area contributed by atoms with E-state index in [2.05, 4.69) is 47.2 Å². The van der Waals surface area contributed by atoms with E-state index in [-0.39, 0.29) is 16.6 Å². The molecule has 7 nitrogen and oxygen atoms in total. The fourth-order valence-corrected chi connectivity index (χ4v) is 4.59. The molecule has 8 heteroatoms. The third kappa shape index (κ3) is 5.05. The van der Waals surface area contributed by atoms with Gasteiger partial charge in [-0.2, -0.15) is 0 Å². The highest BCUT2D eigenvalue weighted by Gasteiger charge is 2.31. The van der Waals surface area contributed by atoms with Gasteiger partial charge in [-0.25, -0.2) is 0 Å². The second-order valence-electron chi connectivity index (χ2n) is 8.47. The van der Waals surface area contributed by atoms with Crippen LogP contribution in [0.3, 0.4) is 0 Å². The number of aryl methyl sites for hydroxylation is 1. The van der Waals surface area contributed by atoms with Gasteiger partial charge in [0.1, 0.15) is 11.1 Å². The maximum Gasteiger partial charge on any atom is 0.289 e. The van der Waals surface area contributed by atoms with Crippen LogP contribution in [0.2, 0.25) is 5.02 Å². The summed E-state index contributed by atoms with van der Waals surface area (Å²) in [5.41, 5.74) is 4.75. The van der Waals surface area contributed by atoms with E-state index in [1.807, 2.05) is 30.3 Å². The van der Waals surface area contributed by atoms with Gasteiger partial charge in [0, 0.05) is 43.6 Å². The van der Waals surface area contributed by atoms with Gasteiger partial charge in [-0.3, -0.25) is 19.8 Å². The van der Waals surface area contributed by atoms with E-state index < -0.39 is 11.0 Å². The third-order valence-electron chi connectivity index (χ3n) is 6.37. The van der Waals surface area contributed by atoms with E-state index in [1.54, 1.807) is 6.07 Å². The summed E-state index contributed by atoms with van der Waals surface area (Å²) in [7, 11) is 0. The molecule has 1 N–H and O–H groups in total. The molecule has 0 saturated carbocycles. The molecule has 176 valence electrons. The predicted molar refractivity (Wildman–Crippen MR) is 136 cm³/mol. The molecule has 1 unspecified atom stereocenters. The molecule has 0 bridgehead atoms. The van der Waals surface area contributed by atoms with Crippen LogP contribution in [0, 0.1) is 24.0 Å². The van der Waals surface area contributed by atoms with Gasteiger partial charge >= 0.3 is 0 Å². The largest absolute Gasteiger partial charge is 0.369 e. The number of amides is 1. The first-order valence-electron chi connectivity index (χ1n) is 11.2. The molecule has 1 atom stereocenters. The summed E-state index contributed by atoms with van der Waals surface area (Å²) in [5, 5.41) is 14.1. The summed E-state index contributed by atoms with van der Waals surface area (Å²) in [4.78, 5) is 28.7.